The van der Waals surface area contributed by atoms with E-state index in [-0.39, 0.29) is 6.04 Å². The number of rotatable bonds is 2. The van der Waals surface area contributed by atoms with Gasteiger partial charge in [-0.25, -0.2) is 0 Å². The molecule has 0 unspecified atom stereocenters. The van der Waals surface area contributed by atoms with E-state index in [4.69, 9.17) is 20.8 Å². The maximum absolute atomic E-state index is 10.6. The van der Waals surface area contributed by atoms with Crippen LogP contribution in [0.2, 0.25) is 0 Å². The first-order valence-electron chi connectivity index (χ1n) is 6.45. The number of benzene rings is 1. The van der Waals surface area contributed by atoms with E-state index in [1.807, 2.05) is 18.2 Å². The fourth-order valence-corrected chi connectivity index (χ4v) is 2.92. The smallest absolute Gasteiger partial charge is 0.267 e. The Hall–Kier alpha value is -1.31. The molecule has 114 valence electrons. The number of nitrogen functional groups attached to an aromatic ring is 1. The number of para-hydroxylation sites is 2. The minimum atomic E-state index is -3.80. The summed E-state index contributed by atoms with van der Waals surface area (Å²) in [5.41, 5.74) is 11.8. The van der Waals surface area contributed by atoms with Crippen molar-refractivity contribution in [1.82, 2.24) is 0 Å². The molecule has 20 heavy (non-hydrogen) atoms. The predicted octanol–water partition coefficient (Wildman–Crippen LogP) is 1.42. The molecule has 1 aliphatic carbocycles. The van der Waals surface area contributed by atoms with Crippen LogP contribution in [0, 0.1) is 0 Å². The van der Waals surface area contributed by atoms with Gasteiger partial charge in [-0.1, -0.05) is 12.1 Å². The van der Waals surface area contributed by atoms with Crippen LogP contribution in [0.15, 0.2) is 24.3 Å². The van der Waals surface area contributed by atoms with Gasteiger partial charge in [0.25, 0.3) is 10.1 Å². The van der Waals surface area contributed by atoms with Crippen LogP contribution in [0.1, 0.15) is 25.7 Å². The summed E-state index contributed by atoms with van der Waals surface area (Å²) in [5, 5.41) is -0.567. The van der Waals surface area contributed by atoms with Crippen molar-refractivity contribution in [1.29, 1.82) is 0 Å². The highest BCUT2D eigenvalue weighted by atomic mass is 32.2. The highest BCUT2D eigenvalue weighted by molar-refractivity contribution is 7.86. The minimum Gasteiger partial charge on any atom is -0.495 e. The topological polar surface area (TPSA) is 116 Å². The summed E-state index contributed by atoms with van der Waals surface area (Å²) in [6.07, 6.45) is 2.40. The van der Waals surface area contributed by atoms with Crippen LogP contribution in [0.25, 0.3) is 0 Å². The second-order valence-corrected chi connectivity index (χ2v) is 6.49. The Bertz CT molecular complexity index is 511. The monoisotopic (exact) mass is 302 g/mol. The molecular weight excluding hydrogens is 280 g/mol. The van der Waals surface area contributed by atoms with Gasteiger partial charge >= 0.3 is 0 Å². The van der Waals surface area contributed by atoms with E-state index in [9.17, 15) is 8.42 Å². The van der Waals surface area contributed by atoms with E-state index >= 15 is 0 Å². The first-order chi connectivity index (χ1) is 9.34. The molecule has 1 aromatic carbocycles. The molecule has 0 atom stereocenters. The highest BCUT2D eigenvalue weighted by Crippen LogP contribution is 2.22. The molecule has 0 aliphatic heterocycles. The summed E-state index contributed by atoms with van der Waals surface area (Å²) in [4.78, 5) is 0. The number of hydrogen-bond acceptors (Lipinski definition) is 5. The van der Waals surface area contributed by atoms with Crippen LogP contribution in [0.5, 0.6) is 5.75 Å². The molecule has 2 rings (SSSR count). The molecule has 5 N–H and O–H groups in total. The van der Waals surface area contributed by atoms with E-state index in [1.54, 1.807) is 13.2 Å². The Balaban J connectivity index is 0.000000204. The number of anilines is 1. The average molecular weight is 302 g/mol. The summed E-state index contributed by atoms with van der Waals surface area (Å²) < 4.78 is 34.8. The Morgan fingerprint density at radius 3 is 2.15 bits per heavy atom. The quantitative estimate of drug-likeness (QED) is 0.562. The Morgan fingerprint density at radius 1 is 1.20 bits per heavy atom. The van der Waals surface area contributed by atoms with Crippen molar-refractivity contribution in [2.24, 2.45) is 5.73 Å². The van der Waals surface area contributed by atoms with Gasteiger partial charge in [-0.3, -0.25) is 4.55 Å². The van der Waals surface area contributed by atoms with Gasteiger partial charge in [0.1, 0.15) is 5.75 Å². The maximum atomic E-state index is 10.6. The molecule has 0 amide bonds. The number of methoxy groups -OCH3 is 1. The van der Waals surface area contributed by atoms with Crippen LogP contribution in [0.4, 0.5) is 5.69 Å². The minimum absolute atomic E-state index is 0.119. The zero-order valence-corrected chi connectivity index (χ0v) is 12.3. The normalized spacial score (nSPS) is 22.6. The second kappa shape index (κ2) is 7.47. The molecule has 1 aromatic rings. The van der Waals surface area contributed by atoms with Gasteiger partial charge in [0.2, 0.25) is 0 Å². The van der Waals surface area contributed by atoms with Gasteiger partial charge in [0.05, 0.1) is 18.0 Å². The molecule has 1 saturated carbocycles. The lowest BCUT2D eigenvalue weighted by Crippen LogP contribution is -2.32. The summed E-state index contributed by atoms with van der Waals surface area (Å²) in [5.74, 6) is 0.734. The van der Waals surface area contributed by atoms with Crippen LogP contribution in [0.3, 0.4) is 0 Å². The number of nitrogens with two attached hydrogens (primary N) is 2. The Kier molecular flexibility index (Phi) is 6.25. The van der Waals surface area contributed by atoms with Crippen LogP contribution in [-0.2, 0) is 10.1 Å². The molecule has 0 bridgehead atoms. The van der Waals surface area contributed by atoms with E-state index < -0.39 is 15.4 Å². The Morgan fingerprint density at radius 2 is 1.75 bits per heavy atom. The molecule has 0 radical (unpaired) electrons. The van der Waals surface area contributed by atoms with E-state index in [0.717, 1.165) is 5.75 Å². The maximum Gasteiger partial charge on any atom is 0.267 e. The summed E-state index contributed by atoms with van der Waals surface area (Å²) >= 11 is 0. The second-order valence-electron chi connectivity index (χ2n) is 4.79. The van der Waals surface area contributed by atoms with Crippen LogP contribution in [-0.4, -0.2) is 31.4 Å². The molecule has 1 aliphatic rings. The first-order valence-corrected chi connectivity index (χ1v) is 7.95. The van der Waals surface area contributed by atoms with E-state index in [1.165, 1.54) is 0 Å². The molecule has 6 nitrogen and oxygen atoms in total. The highest BCUT2D eigenvalue weighted by Gasteiger charge is 2.27. The molecular formula is C13H22N2O4S. The average Bonchev–Trinajstić information content (AvgIpc) is 2.39. The fraction of sp³-hybridized carbons (Fsp3) is 0.538. The van der Waals surface area contributed by atoms with Gasteiger partial charge in [-0.05, 0) is 37.8 Å². The number of hydrogen-bond donors (Lipinski definition) is 3. The molecule has 0 spiro atoms. The third kappa shape index (κ3) is 5.36. The van der Waals surface area contributed by atoms with Crippen molar-refractivity contribution in [3.63, 3.8) is 0 Å². The summed E-state index contributed by atoms with van der Waals surface area (Å²) in [7, 11) is -2.20. The largest absolute Gasteiger partial charge is 0.495 e. The van der Waals surface area contributed by atoms with Gasteiger partial charge in [0.15, 0.2) is 0 Å². The van der Waals surface area contributed by atoms with Crippen LogP contribution >= 0.6 is 0 Å². The van der Waals surface area contributed by atoms with E-state index in [0.29, 0.717) is 31.4 Å². The van der Waals surface area contributed by atoms with Crippen LogP contribution < -0.4 is 16.2 Å². The lowest BCUT2D eigenvalue weighted by Gasteiger charge is -2.23. The zero-order chi connectivity index (χ0) is 15.2. The SMILES string of the molecule is COc1ccccc1N.NC1CCC(S(=O)(=O)O)CC1. The van der Waals surface area contributed by atoms with Crippen molar-refractivity contribution in [2.75, 3.05) is 12.8 Å². The standard InChI is InChI=1S/C7H9NO.C6H13NO3S/c1-9-7-5-3-2-4-6(7)8;7-5-1-3-6(4-2-5)11(8,9)10/h2-5H,8H2,1H3;5-6H,1-4,7H2,(H,8,9,10). The van der Waals surface area contributed by atoms with Crippen molar-refractivity contribution in [3.05, 3.63) is 24.3 Å². The molecule has 0 saturated heterocycles. The number of ether oxygens (including phenoxy) is 1. The first kappa shape index (κ1) is 16.7. The fourth-order valence-electron chi connectivity index (χ4n) is 2.05. The lowest BCUT2D eigenvalue weighted by atomic mass is 9.96. The van der Waals surface area contributed by atoms with Gasteiger partial charge < -0.3 is 16.2 Å². The van der Waals surface area contributed by atoms with Crippen molar-refractivity contribution >= 4 is 15.8 Å². The predicted molar refractivity (Wildman–Crippen MR) is 79.2 cm³/mol. The lowest BCUT2D eigenvalue weighted by molar-refractivity contribution is 0.400. The van der Waals surface area contributed by atoms with Gasteiger partial charge in [-0.2, -0.15) is 8.42 Å². The Labute approximate surface area is 119 Å². The van der Waals surface area contributed by atoms with Gasteiger partial charge in [0, 0.05) is 6.04 Å². The summed E-state index contributed by atoms with van der Waals surface area (Å²) in [6, 6.07) is 7.51. The van der Waals surface area contributed by atoms with Crippen molar-refractivity contribution < 1.29 is 17.7 Å². The summed E-state index contributed by atoms with van der Waals surface area (Å²) in [6.45, 7) is 0. The third-order valence-electron chi connectivity index (χ3n) is 3.28. The van der Waals surface area contributed by atoms with Crippen molar-refractivity contribution in [3.8, 4) is 5.75 Å². The van der Waals surface area contributed by atoms with Crippen molar-refractivity contribution in [2.45, 2.75) is 37.0 Å². The molecule has 7 heteroatoms. The molecule has 1 fully saturated rings. The van der Waals surface area contributed by atoms with E-state index in [2.05, 4.69) is 0 Å². The van der Waals surface area contributed by atoms with Gasteiger partial charge in [-0.15, -0.1) is 0 Å². The zero-order valence-electron chi connectivity index (χ0n) is 11.5. The molecule has 0 aromatic heterocycles. The molecule has 0 heterocycles. The third-order valence-corrected chi connectivity index (χ3v) is 4.59.